The van der Waals surface area contributed by atoms with E-state index in [0.717, 1.165) is 17.0 Å². The SMILES string of the molecule is C=C(C)COCCNC(=O)Cn1nc(C)c(N)c1C. The molecule has 1 rings (SSSR count). The fraction of sp³-hybridized carbons (Fsp3) is 0.538. The largest absolute Gasteiger partial charge is 0.396 e. The van der Waals surface area contributed by atoms with Crippen LogP contribution in [0.1, 0.15) is 18.3 Å². The van der Waals surface area contributed by atoms with Crippen molar-refractivity contribution < 1.29 is 9.53 Å². The van der Waals surface area contributed by atoms with Gasteiger partial charge in [-0.15, -0.1) is 0 Å². The van der Waals surface area contributed by atoms with E-state index in [1.54, 1.807) is 4.68 Å². The third-order valence-electron chi connectivity index (χ3n) is 2.65. The number of nitrogen functional groups attached to an aromatic ring is 1. The van der Waals surface area contributed by atoms with Gasteiger partial charge in [-0.3, -0.25) is 9.48 Å². The van der Waals surface area contributed by atoms with Crippen LogP contribution in [0, 0.1) is 13.8 Å². The van der Waals surface area contributed by atoms with Gasteiger partial charge in [0.25, 0.3) is 0 Å². The van der Waals surface area contributed by atoms with Crippen LogP contribution in [0.5, 0.6) is 0 Å². The van der Waals surface area contributed by atoms with Crippen molar-refractivity contribution in [2.45, 2.75) is 27.3 Å². The van der Waals surface area contributed by atoms with Gasteiger partial charge in [-0.25, -0.2) is 0 Å². The Bertz CT molecular complexity index is 465. The molecule has 0 saturated carbocycles. The lowest BCUT2D eigenvalue weighted by Crippen LogP contribution is -2.31. The number of carbonyl (C=O) groups excluding carboxylic acids is 1. The summed E-state index contributed by atoms with van der Waals surface area (Å²) in [6.45, 7) is 10.9. The number of nitrogens with two attached hydrogens (primary N) is 1. The van der Waals surface area contributed by atoms with Gasteiger partial charge in [-0.1, -0.05) is 12.2 Å². The Labute approximate surface area is 113 Å². The zero-order valence-electron chi connectivity index (χ0n) is 11.8. The Hall–Kier alpha value is -1.82. The number of aryl methyl sites for hydroxylation is 1. The Balaban J connectivity index is 2.31. The van der Waals surface area contributed by atoms with Crippen molar-refractivity contribution in [1.29, 1.82) is 0 Å². The number of amides is 1. The lowest BCUT2D eigenvalue weighted by atomic mass is 10.3. The van der Waals surface area contributed by atoms with Crippen molar-refractivity contribution in [3.8, 4) is 0 Å². The number of carbonyl (C=O) groups is 1. The molecule has 1 aromatic heterocycles. The minimum atomic E-state index is -0.107. The number of aromatic nitrogens is 2. The highest BCUT2D eigenvalue weighted by Gasteiger charge is 2.10. The van der Waals surface area contributed by atoms with Gasteiger partial charge in [0.2, 0.25) is 5.91 Å². The summed E-state index contributed by atoms with van der Waals surface area (Å²) in [6.07, 6.45) is 0. The summed E-state index contributed by atoms with van der Waals surface area (Å²) in [5.74, 6) is -0.107. The van der Waals surface area contributed by atoms with Crippen molar-refractivity contribution >= 4 is 11.6 Å². The molecule has 3 N–H and O–H groups in total. The Kier molecular flexibility index (Phi) is 5.57. The molecular formula is C13H22N4O2. The molecule has 1 amide bonds. The quantitative estimate of drug-likeness (QED) is 0.564. The predicted molar refractivity (Wildman–Crippen MR) is 74.8 cm³/mol. The minimum absolute atomic E-state index is 0.107. The first-order chi connectivity index (χ1) is 8.91. The topological polar surface area (TPSA) is 82.2 Å². The number of ether oxygens (including phenoxy) is 1. The molecule has 1 heterocycles. The van der Waals surface area contributed by atoms with Crippen LogP contribution in [0.3, 0.4) is 0 Å². The molecule has 0 radical (unpaired) electrons. The molecule has 0 aliphatic rings. The highest BCUT2D eigenvalue weighted by molar-refractivity contribution is 5.75. The van der Waals surface area contributed by atoms with Crippen LogP contribution in [0.25, 0.3) is 0 Å². The second-order valence-corrected chi connectivity index (χ2v) is 4.60. The molecule has 0 bridgehead atoms. The van der Waals surface area contributed by atoms with E-state index in [-0.39, 0.29) is 12.5 Å². The van der Waals surface area contributed by atoms with Crippen molar-refractivity contribution in [3.05, 3.63) is 23.5 Å². The first kappa shape index (κ1) is 15.2. The molecule has 106 valence electrons. The fourth-order valence-electron chi connectivity index (χ4n) is 1.57. The Morgan fingerprint density at radius 1 is 1.53 bits per heavy atom. The Morgan fingerprint density at radius 3 is 2.74 bits per heavy atom. The van der Waals surface area contributed by atoms with Crippen molar-refractivity contribution in [2.24, 2.45) is 0 Å². The summed E-state index contributed by atoms with van der Waals surface area (Å²) >= 11 is 0. The maximum Gasteiger partial charge on any atom is 0.241 e. The average molecular weight is 266 g/mol. The van der Waals surface area contributed by atoms with Crippen LogP contribution < -0.4 is 11.1 Å². The molecule has 0 atom stereocenters. The number of hydrogen-bond donors (Lipinski definition) is 2. The van der Waals surface area contributed by atoms with Crippen LogP contribution >= 0.6 is 0 Å². The second kappa shape index (κ2) is 6.94. The first-order valence-electron chi connectivity index (χ1n) is 6.20. The van der Waals surface area contributed by atoms with E-state index in [2.05, 4.69) is 17.0 Å². The van der Waals surface area contributed by atoms with Crippen LogP contribution in [0.2, 0.25) is 0 Å². The third-order valence-corrected chi connectivity index (χ3v) is 2.65. The molecule has 19 heavy (non-hydrogen) atoms. The second-order valence-electron chi connectivity index (χ2n) is 4.60. The molecule has 0 saturated heterocycles. The maximum absolute atomic E-state index is 11.7. The van der Waals surface area contributed by atoms with Crippen LogP contribution in [-0.2, 0) is 16.1 Å². The molecule has 0 unspecified atom stereocenters. The number of anilines is 1. The van der Waals surface area contributed by atoms with Crippen LogP contribution in [0.15, 0.2) is 12.2 Å². The van der Waals surface area contributed by atoms with E-state index < -0.39 is 0 Å². The maximum atomic E-state index is 11.7. The molecular weight excluding hydrogens is 244 g/mol. The lowest BCUT2D eigenvalue weighted by molar-refractivity contribution is -0.122. The Morgan fingerprint density at radius 2 is 2.21 bits per heavy atom. The average Bonchev–Trinajstić information content (AvgIpc) is 2.56. The minimum Gasteiger partial charge on any atom is -0.396 e. The highest BCUT2D eigenvalue weighted by atomic mass is 16.5. The van der Waals surface area contributed by atoms with Gasteiger partial charge in [-0.2, -0.15) is 5.10 Å². The van der Waals surface area contributed by atoms with Gasteiger partial charge in [0.15, 0.2) is 0 Å². The number of nitrogens with zero attached hydrogens (tertiary/aromatic N) is 2. The monoisotopic (exact) mass is 266 g/mol. The summed E-state index contributed by atoms with van der Waals surface area (Å²) in [5.41, 5.74) is 8.96. The molecule has 0 aromatic carbocycles. The van der Waals surface area contributed by atoms with Crippen molar-refractivity contribution in [3.63, 3.8) is 0 Å². The molecule has 0 fully saturated rings. The van der Waals surface area contributed by atoms with E-state index in [9.17, 15) is 4.79 Å². The molecule has 6 heteroatoms. The van der Waals surface area contributed by atoms with Crippen LogP contribution in [0.4, 0.5) is 5.69 Å². The number of nitrogens with one attached hydrogen (secondary N) is 1. The van der Waals surface area contributed by atoms with E-state index in [1.807, 2.05) is 20.8 Å². The number of rotatable bonds is 7. The smallest absolute Gasteiger partial charge is 0.241 e. The van der Waals surface area contributed by atoms with E-state index >= 15 is 0 Å². The lowest BCUT2D eigenvalue weighted by Gasteiger charge is -2.07. The zero-order valence-corrected chi connectivity index (χ0v) is 11.8. The summed E-state index contributed by atoms with van der Waals surface area (Å²) in [7, 11) is 0. The highest BCUT2D eigenvalue weighted by Crippen LogP contribution is 2.14. The normalized spacial score (nSPS) is 10.5. The molecule has 0 aliphatic heterocycles. The molecule has 1 aromatic rings. The van der Waals surface area contributed by atoms with Crippen molar-refractivity contribution in [1.82, 2.24) is 15.1 Å². The summed E-state index contributed by atoms with van der Waals surface area (Å²) < 4.78 is 6.89. The van der Waals surface area contributed by atoms with Gasteiger partial charge in [0, 0.05) is 6.54 Å². The van der Waals surface area contributed by atoms with Gasteiger partial charge in [0.05, 0.1) is 30.3 Å². The zero-order chi connectivity index (χ0) is 14.4. The van der Waals surface area contributed by atoms with Crippen LogP contribution in [-0.4, -0.2) is 35.4 Å². The van der Waals surface area contributed by atoms with Gasteiger partial charge in [-0.05, 0) is 20.8 Å². The third kappa shape index (κ3) is 4.75. The first-order valence-corrected chi connectivity index (χ1v) is 6.20. The van der Waals surface area contributed by atoms with Gasteiger partial charge < -0.3 is 15.8 Å². The van der Waals surface area contributed by atoms with Gasteiger partial charge >= 0.3 is 0 Å². The van der Waals surface area contributed by atoms with Crippen molar-refractivity contribution in [2.75, 3.05) is 25.5 Å². The predicted octanol–water partition coefficient (Wildman–Crippen LogP) is 0.791. The van der Waals surface area contributed by atoms with E-state index in [4.69, 9.17) is 10.5 Å². The number of hydrogen-bond acceptors (Lipinski definition) is 4. The fourth-order valence-corrected chi connectivity index (χ4v) is 1.57. The molecule has 6 nitrogen and oxygen atoms in total. The summed E-state index contributed by atoms with van der Waals surface area (Å²) in [6, 6.07) is 0. The van der Waals surface area contributed by atoms with E-state index in [0.29, 0.717) is 25.4 Å². The summed E-state index contributed by atoms with van der Waals surface area (Å²) in [5, 5.41) is 6.97. The van der Waals surface area contributed by atoms with E-state index in [1.165, 1.54) is 0 Å². The summed E-state index contributed by atoms with van der Waals surface area (Å²) in [4.78, 5) is 11.7. The molecule has 0 spiro atoms. The molecule has 0 aliphatic carbocycles. The standard InChI is InChI=1S/C13H22N4O2/c1-9(2)8-19-6-5-15-12(18)7-17-11(4)13(14)10(3)16-17/h1,5-8,14H2,2-4H3,(H,15,18). The van der Waals surface area contributed by atoms with Gasteiger partial charge in [0.1, 0.15) is 6.54 Å².